The Morgan fingerprint density at radius 2 is 2.00 bits per heavy atom. The summed E-state index contributed by atoms with van der Waals surface area (Å²) in [7, 11) is 0. The van der Waals surface area contributed by atoms with E-state index in [9.17, 15) is 9.59 Å². The fraction of sp³-hybridized carbons (Fsp3) is 0.667. The van der Waals surface area contributed by atoms with Crippen molar-refractivity contribution in [2.24, 2.45) is 17.6 Å². The van der Waals surface area contributed by atoms with Gasteiger partial charge in [-0.1, -0.05) is 0 Å². The number of amides is 2. The van der Waals surface area contributed by atoms with Crippen molar-refractivity contribution >= 4 is 35.6 Å². The van der Waals surface area contributed by atoms with Gasteiger partial charge in [-0.05, 0) is 66.9 Å². The summed E-state index contributed by atoms with van der Waals surface area (Å²) >= 11 is 1.59. The zero-order valence-electron chi connectivity index (χ0n) is 14.3. The standard InChI is InChI=1S/C18H25N3O2S.ClH/c19-16(22)9-21-7-14(11-5-6-11)15(8-21)20-18(23)17-13-4-2-1-3-12(13)10-24-17;/h10-11,14-15H,1-9H2,(H2,19,22)(H,20,23);1H/t14-,15+;/m1./s1. The summed E-state index contributed by atoms with van der Waals surface area (Å²) in [6.45, 7) is 1.91. The second-order valence-electron chi connectivity index (χ2n) is 7.52. The maximum atomic E-state index is 12.8. The van der Waals surface area contributed by atoms with Gasteiger partial charge in [0.1, 0.15) is 0 Å². The minimum absolute atomic E-state index is 0. The number of nitrogens with zero attached hydrogens (tertiary/aromatic N) is 1. The molecule has 138 valence electrons. The first-order valence-electron chi connectivity index (χ1n) is 9.02. The molecule has 1 aromatic heterocycles. The Morgan fingerprint density at radius 1 is 1.24 bits per heavy atom. The van der Waals surface area contributed by atoms with Crippen molar-refractivity contribution in [1.29, 1.82) is 0 Å². The molecule has 2 heterocycles. The van der Waals surface area contributed by atoms with Crippen LogP contribution >= 0.6 is 23.7 Å². The molecule has 0 unspecified atom stereocenters. The van der Waals surface area contributed by atoms with Gasteiger partial charge in [0.05, 0.1) is 11.4 Å². The molecule has 1 saturated carbocycles. The molecule has 0 spiro atoms. The van der Waals surface area contributed by atoms with Crippen LogP contribution in [0.2, 0.25) is 0 Å². The average Bonchev–Trinajstić information content (AvgIpc) is 3.18. The van der Waals surface area contributed by atoms with Crippen molar-refractivity contribution in [1.82, 2.24) is 10.2 Å². The van der Waals surface area contributed by atoms with E-state index in [1.165, 1.54) is 36.8 Å². The fourth-order valence-corrected chi connectivity index (χ4v) is 5.42. The van der Waals surface area contributed by atoms with E-state index < -0.39 is 0 Å². The Balaban J connectivity index is 0.00000182. The minimum Gasteiger partial charge on any atom is -0.369 e. The first-order valence-corrected chi connectivity index (χ1v) is 9.90. The van der Waals surface area contributed by atoms with Gasteiger partial charge < -0.3 is 11.1 Å². The van der Waals surface area contributed by atoms with Crippen LogP contribution in [-0.2, 0) is 17.6 Å². The van der Waals surface area contributed by atoms with E-state index in [4.69, 9.17) is 5.73 Å². The molecule has 1 saturated heterocycles. The van der Waals surface area contributed by atoms with Gasteiger partial charge in [0.15, 0.2) is 0 Å². The Kier molecular flexibility index (Phi) is 5.71. The lowest BCUT2D eigenvalue weighted by atomic mass is 9.93. The SMILES string of the molecule is Cl.NC(=O)CN1C[C@H](NC(=O)c2scc3c2CCCC3)[C@@H](C2CC2)C1. The molecule has 2 atom stereocenters. The summed E-state index contributed by atoms with van der Waals surface area (Å²) in [5, 5.41) is 5.45. The molecule has 2 aliphatic carbocycles. The number of thiophene rings is 1. The minimum atomic E-state index is -0.288. The third kappa shape index (κ3) is 4.01. The highest BCUT2D eigenvalue weighted by molar-refractivity contribution is 7.12. The number of carbonyl (C=O) groups is 2. The predicted molar refractivity (Wildman–Crippen MR) is 101 cm³/mol. The van der Waals surface area contributed by atoms with E-state index in [-0.39, 0.29) is 30.3 Å². The van der Waals surface area contributed by atoms with E-state index in [2.05, 4.69) is 15.6 Å². The summed E-state index contributed by atoms with van der Waals surface area (Å²) in [6.07, 6.45) is 7.06. The molecule has 2 amide bonds. The van der Waals surface area contributed by atoms with Gasteiger partial charge in [0.2, 0.25) is 5.91 Å². The van der Waals surface area contributed by atoms with Crippen LogP contribution in [0.4, 0.5) is 0 Å². The van der Waals surface area contributed by atoms with Gasteiger partial charge in [-0.15, -0.1) is 23.7 Å². The number of nitrogens with one attached hydrogen (secondary N) is 1. The number of nitrogens with two attached hydrogens (primary N) is 1. The molecule has 25 heavy (non-hydrogen) atoms. The van der Waals surface area contributed by atoms with Crippen LogP contribution < -0.4 is 11.1 Å². The Morgan fingerprint density at radius 3 is 2.72 bits per heavy atom. The number of rotatable bonds is 5. The van der Waals surface area contributed by atoms with Crippen LogP contribution in [0.3, 0.4) is 0 Å². The summed E-state index contributed by atoms with van der Waals surface area (Å²) in [4.78, 5) is 27.1. The van der Waals surface area contributed by atoms with Gasteiger partial charge in [0.25, 0.3) is 5.91 Å². The van der Waals surface area contributed by atoms with Gasteiger partial charge >= 0.3 is 0 Å². The first-order chi connectivity index (χ1) is 11.6. The normalized spacial score (nSPS) is 25.9. The van der Waals surface area contributed by atoms with E-state index >= 15 is 0 Å². The smallest absolute Gasteiger partial charge is 0.261 e. The Labute approximate surface area is 158 Å². The van der Waals surface area contributed by atoms with Crippen molar-refractivity contribution in [2.45, 2.75) is 44.6 Å². The zero-order valence-corrected chi connectivity index (χ0v) is 16.0. The van der Waals surface area contributed by atoms with Crippen LogP contribution in [0.1, 0.15) is 46.5 Å². The molecule has 0 bridgehead atoms. The molecule has 3 N–H and O–H groups in total. The lowest BCUT2D eigenvalue weighted by molar-refractivity contribution is -0.118. The molecule has 4 rings (SSSR count). The highest BCUT2D eigenvalue weighted by atomic mass is 35.5. The second kappa shape index (κ2) is 7.64. The number of halogens is 1. The quantitative estimate of drug-likeness (QED) is 0.816. The zero-order chi connectivity index (χ0) is 16.7. The number of aryl methyl sites for hydroxylation is 1. The van der Waals surface area contributed by atoms with E-state index in [1.807, 2.05) is 0 Å². The lowest BCUT2D eigenvalue weighted by Gasteiger charge is -2.20. The lowest BCUT2D eigenvalue weighted by Crippen LogP contribution is -2.41. The van der Waals surface area contributed by atoms with Crippen molar-refractivity contribution in [3.8, 4) is 0 Å². The van der Waals surface area contributed by atoms with Crippen LogP contribution in [0.15, 0.2) is 5.38 Å². The van der Waals surface area contributed by atoms with Crippen molar-refractivity contribution in [3.63, 3.8) is 0 Å². The van der Waals surface area contributed by atoms with Crippen molar-refractivity contribution in [3.05, 3.63) is 21.4 Å². The Bertz CT molecular complexity index is 659. The summed E-state index contributed by atoms with van der Waals surface area (Å²) in [5.41, 5.74) is 7.99. The number of carbonyl (C=O) groups excluding carboxylic acids is 2. The molecule has 1 aliphatic heterocycles. The predicted octanol–water partition coefficient (Wildman–Crippen LogP) is 1.97. The topological polar surface area (TPSA) is 75.4 Å². The number of likely N-dealkylation sites (tertiary alicyclic amines) is 1. The van der Waals surface area contributed by atoms with Gasteiger partial charge in [-0.25, -0.2) is 0 Å². The molecule has 5 nitrogen and oxygen atoms in total. The molecular weight excluding hydrogens is 358 g/mol. The Hall–Kier alpha value is -1.11. The molecule has 0 radical (unpaired) electrons. The number of primary amides is 1. The second-order valence-corrected chi connectivity index (χ2v) is 8.40. The highest BCUT2D eigenvalue weighted by Crippen LogP contribution is 2.41. The van der Waals surface area contributed by atoms with Gasteiger partial charge in [-0.3, -0.25) is 14.5 Å². The van der Waals surface area contributed by atoms with Gasteiger partial charge in [0, 0.05) is 19.1 Å². The van der Waals surface area contributed by atoms with E-state index in [1.54, 1.807) is 11.3 Å². The molecular formula is C18H26ClN3O2S. The molecule has 7 heteroatoms. The van der Waals surface area contributed by atoms with E-state index in [0.717, 1.165) is 30.8 Å². The number of fused-ring (bicyclic) bond motifs is 1. The van der Waals surface area contributed by atoms with Crippen LogP contribution in [-0.4, -0.2) is 42.4 Å². The maximum absolute atomic E-state index is 12.8. The molecule has 0 aromatic carbocycles. The third-order valence-corrected chi connectivity index (χ3v) is 6.74. The maximum Gasteiger partial charge on any atom is 0.261 e. The largest absolute Gasteiger partial charge is 0.369 e. The summed E-state index contributed by atoms with van der Waals surface area (Å²) in [5.74, 6) is 0.957. The average molecular weight is 384 g/mol. The first kappa shape index (κ1) is 18.7. The van der Waals surface area contributed by atoms with E-state index in [0.29, 0.717) is 18.4 Å². The van der Waals surface area contributed by atoms with Crippen LogP contribution in [0, 0.1) is 11.8 Å². The van der Waals surface area contributed by atoms with Crippen LogP contribution in [0.5, 0.6) is 0 Å². The number of hydrogen-bond acceptors (Lipinski definition) is 4. The van der Waals surface area contributed by atoms with Gasteiger partial charge in [-0.2, -0.15) is 0 Å². The fourth-order valence-electron chi connectivity index (χ4n) is 4.36. The monoisotopic (exact) mass is 383 g/mol. The molecule has 2 fully saturated rings. The highest BCUT2D eigenvalue weighted by Gasteiger charge is 2.43. The van der Waals surface area contributed by atoms with Crippen molar-refractivity contribution < 1.29 is 9.59 Å². The van der Waals surface area contributed by atoms with Crippen molar-refractivity contribution in [2.75, 3.05) is 19.6 Å². The third-order valence-electron chi connectivity index (χ3n) is 5.67. The summed E-state index contributed by atoms with van der Waals surface area (Å²) < 4.78 is 0. The number of hydrogen-bond donors (Lipinski definition) is 2. The van der Waals surface area contributed by atoms with Crippen LogP contribution in [0.25, 0.3) is 0 Å². The molecule has 3 aliphatic rings. The summed E-state index contributed by atoms with van der Waals surface area (Å²) in [6, 6.07) is 0.144. The molecule has 1 aromatic rings.